The van der Waals surface area contributed by atoms with Crippen LogP contribution in [0.25, 0.3) is 0 Å². The second kappa shape index (κ2) is 8.06. The summed E-state index contributed by atoms with van der Waals surface area (Å²) in [6, 6.07) is 14.1. The number of quaternary nitrogens is 1. The van der Waals surface area contributed by atoms with Crippen molar-refractivity contribution in [2.75, 3.05) is 11.9 Å². The Morgan fingerprint density at radius 2 is 1.82 bits per heavy atom. The molecule has 22 heavy (non-hydrogen) atoms. The smallest absolute Gasteiger partial charge is 0.279 e. The fourth-order valence-electron chi connectivity index (χ4n) is 2.24. The van der Waals surface area contributed by atoms with Gasteiger partial charge in [-0.2, -0.15) is 0 Å². The van der Waals surface area contributed by atoms with E-state index in [2.05, 4.69) is 40.3 Å². The first-order chi connectivity index (χ1) is 10.6. The average Bonchev–Trinajstić information content (AvgIpc) is 2.52. The van der Waals surface area contributed by atoms with Gasteiger partial charge in [-0.3, -0.25) is 4.79 Å². The van der Waals surface area contributed by atoms with Crippen molar-refractivity contribution in [3.8, 4) is 0 Å². The second-order valence-electron chi connectivity index (χ2n) is 5.06. The van der Waals surface area contributed by atoms with Crippen LogP contribution in [0.3, 0.4) is 0 Å². The van der Waals surface area contributed by atoms with Gasteiger partial charge in [0.05, 0.1) is 0 Å². The minimum Gasteiger partial charge on any atom is -0.332 e. The minimum atomic E-state index is -0.314. The molecule has 0 heterocycles. The molecule has 2 aromatic rings. The number of halogens is 2. The van der Waals surface area contributed by atoms with Gasteiger partial charge in [-0.15, -0.1) is 0 Å². The molecule has 2 aromatic carbocycles. The third kappa shape index (κ3) is 4.93. The lowest BCUT2D eigenvalue weighted by molar-refractivity contribution is -0.686. The molecule has 0 saturated carbocycles. The maximum atomic E-state index is 12.8. The van der Waals surface area contributed by atoms with E-state index in [4.69, 9.17) is 0 Å². The Labute approximate surface area is 138 Å². The van der Waals surface area contributed by atoms with Gasteiger partial charge in [-0.25, -0.2) is 4.39 Å². The first-order valence-corrected chi connectivity index (χ1v) is 8.02. The minimum absolute atomic E-state index is 0.0952. The molecule has 3 nitrogen and oxygen atoms in total. The van der Waals surface area contributed by atoms with Gasteiger partial charge in [0.15, 0.2) is 6.54 Å². The number of carbonyl (C=O) groups excluding carboxylic acids is 1. The Balaban J connectivity index is 1.88. The molecule has 0 aliphatic rings. The summed E-state index contributed by atoms with van der Waals surface area (Å²) in [5, 5.41) is 4.78. The summed E-state index contributed by atoms with van der Waals surface area (Å²) in [5.74, 6) is -0.409. The number of hydrogen-bond donors (Lipinski definition) is 2. The summed E-state index contributed by atoms with van der Waals surface area (Å²) in [5.41, 5.74) is 1.80. The lowest BCUT2D eigenvalue weighted by atomic mass is 10.0. The highest BCUT2D eigenvalue weighted by atomic mass is 79.9. The number of benzene rings is 2. The SMILES string of the molecule is CC[C@H]([NH2+]CC(=O)Nc1ccc(F)cc1)c1ccc(Br)cc1. The van der Waals surface area contributed by atoms with Crippen LogP contribution in [0.4, 0.5) is 10.1 Å². The van der Waals surface area contributed by atoms with Crippen molar-refractivity contribution in [2.24, 2.45) is 0 Å². The highest BCUT2D eigenvalue weighted by Gasteiger charge is 2.14. The van der Waals surface area contributed by atoms with Gasteiger partial charge in [-0.05, 0) is 36.4 Å². The molecule has 0 radical (unpaired) electrons. The highest BCUT2D eigenvalue weighted by Crippen LogP contribution is 2.16. The molecule has 0 unspecified atom stereocenters. The summed E-state index contributed by atoms with van der Waals surface area (Å²) < 4.78 is 13.9. The van der Waals surface area contributed by atoms with Crippen molar-refractivity contribution in [1.82, 2.24) is 0 Å². The van der Waals surface area contributed by atoms with Crippen LogP contribution in [0, 0.1) is 5.82 Å². The van der Waals surface area contributed by atoms with Gasteiger partial charge >= 0.3 is 0 Å². The number of nitrogens with two attached hydrogens (primary N) is 1. The third-order valence-corrected chi connectivity index (χ3v) is 3.98. The molecule has 0 aromatic heterocycles. The van der Waals surface area contributed by atoms with E-state index in [0.29, 0.717) is 12.2 Å². The molecule has 0 fully saturated rings. The van der Waals surface area contributed by atoms with Crippen molar-refractivity contribution in [2.45, 2.75) is 19.4 Å². The maximum absolute atomic E-state index is 12.8. The summed E-state index contributed by atoms with van der Waals surface area (Å²) in [6.07, 6.45) is 0.936. The number of carbonyl (C=O) groups is 1. The van der Waals surface area contributed by atoms with Gasteiger partial charge in [0, 0.05) is 22.1 Å². The van der Waals surface area contributed by atoms with Gasteiger partial charge in [0.1, 0.15) is 11.9 Å². The molecule has 1 amide bonds. The Bertz CT molecular complexity index is 614. The van der Waals surface area contributed by atoms with Gasteiger partial charge in [-0.1, -0.05) is 35.0 Å². The molecule has 0 saturated heterocycles. The normalized spacial score (nSPS) is 12.0. The maximum Gasteiger partial charge on any atom is 0.279 e. The van der Waals surface area contributed by atoms with Gasteiger partial charge in [0.2, 0.25) is 0 Å². The van der Waals surface area contributed by atoms with Crippen LogP contribution >= 0.6 is 15.9 Å². The Morgan fingerprint density at radius 3 is 2.41 bits per heavy atom. The molecular weight excluding hydrogens is 347 g/mol. The van der Waals surface area contributed by atoms with E-state index >= 15 is 0 Å². The number of nitrogens with one attached hydrogen (secondary N) is 1. The van der Waals surface area contributed by atoms with Crippen molar-refractivity contribution in [1.29, 1.82) is 0 Å². The number of amides is 1. The lowest BCUT2D eigenvalue weighted by Crippen LogP contribution is -2.87. The molecule has 1 atom stereocenters. The molecule has 2 rings (SSSR count). The van der Waals surface area contributed by atoms with Gasteiger partial charge in [0.25, 0.3) is 5.91 Å². The average molecular weight is 366 g/mol. The lowest BCUT2D eigenvalue weighted by Gasteiger charge is -2.14. The predicted octanol–water partition coefficient (Wildman–Crippen LogP) is 3.24. The Hall–Kier alpha value is -1.72. The van der Waals surface area contributed by atoms with E-state index in [-0.39, 0.29) is 17.8 Å². The number of rotatable bonds is 6. The monoisotopic (exact) mass is 365 g/mol. The fourth-order valence-corrected chi connectivity index (χ4v) is 2.51. The zero-order valence-electron chi connectivity index (χ0n) is 12.4. The van der Waals surface area contributed by atoms with Crippen molar-refractivity contribution in [3.63, 3.8) is 0 Å². The molecule has 0 spiro atoms. The fraction of sp³-hybridized carbons (Fsp3) is 0.235. The van der Waals surface area contributed by atoms with E-state index in [9.17, 15) is 9.18 Å². The van der Waals surface area contributed by atoms with E-state index in [1.54, 1.807) is 12.1 Å². The Kier molecular flexibility index (Phi) is 6.10. The van der Waals surface area contributed by atoms with E-state index in [0.717, 1.165) is 10.9 Å². The van der Waals surface area contributed by atoms with Crippen LogP contribution in [-0.2, 0) is 4.79 Å². The highest BCUT2D eigenvalue weighted by molar-refractivity contribution is 9.10. The standard InChI is InChI=1S/C17H18BrFN2O/c1-2-16(12-3-5-13(18)6-4-12)20-11-17(22)21-15-9-7-14(19)8-10-15/h3-10,16,20H,2,11H2,1H3,(H,21,22)/p+1/t16-/m0/s1. The van der Waals surface area contributed by atoms with Crippen LogP contribution in [0.1, 0.15) is 24.9 Å². The zero-order valence-corrected chi connectivity index (χ0v) is 13.9. The van der Waals surface area contributed by atoms with Crippen LogP contribution < -0.4 is 10.6 Å². The molecular formula is C17H19BrFN2O+. The summed E-state index contributed by atoms with van der Waals surface area (Å²) in [7, 11) is 0. The summed E-state index contributed by atoms with van der Waals surface area (Å²) in [4.78, 5) is 12.0. The van der Waals surface area contributed by atoms with Crippen molar-refractivity contribution >= 4 is 27.5 Å². The van der Waals surface area contributed by atoms with Crippen LogP contribution in [0.5, 0.6) is 0 Å². The number of hydrogen-bond acceptors (Lipinski definition) is 1. The van der Waals surface area contributed by atoms with Gasteiger partial charge < -0.3 is 10.6 Å². The van der Waals surface area contributed by atoms with Crippen LogP contribution in [0.15, 0.2) is 53.0 Å². The van der Waals surface area contributed by atoms with Crippen molar-refractivity contribution in [3.05, 3.63) is 64.4 Å². The van der Waals surface area contributed by atoms with Crippen LogP contribution in [0.2, 0.25) is 0 Å². The van der Waals surface area contributed by atoms with E-state index in [1.807, 2.05) is 17.4 Å². The van der Waals surface area contributed by atoms with E-state index < -0.39 is 0 Å². The Morgan fingerprint density at radius 1 is 1.18 bits per heavy atom. The van der Waals surface area contributed by atoms with Crippen LogP contribution in [-0.4, -0.2) is 12.5 Å². The topological polar surface area (TPSA) is 45.7 Å². The van der Waals surface area contributed by atoms with E-state index in [1.165, 1.54) is 17.7 Å². The predicted molar refractivity (Wildman–Crippen MR) is 89.0 cm³/mol. The molecule has 0 aliphatic heterocycles. The quantitative estimate of drug-likeness (QED) is 0.810. The molecule has 116 valence electrons. The second-order valence-corrected chi connectivity index (χ2v) is 5.98. The molecule has 0 bridgehead atoms. The first kappa shape index (κ1) is 16.6. The summed E-state index contributed by atoms with van der Waals surface area (Å²) in [6.45, 7) is 2.42. The summed E-state index contributed by atoms with van der Waals surface area (Å²) >= 11 is 3.42. The molecule has 3 N–H and O–H groups in total. The van der Waals surface area contributed by atoms with Crippen molar-refractivity contribution < 1.29 is 14.5 Å². The zero-order chi connectivity index (χ0) is 15.9. The number of anilines is 1. The first-order valence-electron chi connectivity index (χ1n) is 7.22. The molecule has 0 aliphatic carbocycles. The largest absolute Gasteiger partial charge is 0.332 e. The third-order valence-electron chi connectivity index (χ3n) is 3.45. The molecule has 5 heteroatoms.